The number of rotatable bonds is 1. The molecular weight excluding hydrogens is 162 g/mol. The van der Waals surface area contributed by atoms with Crippen LogP contribution in [0, 0.1) is 0 Å². The molecule has 2 unspecified atom stereocenters. The van der Waals surface area contributed by atoms with Crippen LogP contribution in [0.1, 0.15) is 6.92 Å². The average Bonchev–Trinajstić information content (AvgIpc) is 2.08. The molecule has 1 fully saturated rings. The molecule has 5 heteroatoms. The highest BCUT2D eigenvalue weighted by Crippen LogP contribution is 2.05. The van der Waals surface area contributed by atoms with Crippen LogP contribution in [-0.2, 0) is 19.1 Å². The summed E-state index contributed by atoms with van der Waals surface area (Å²) in [4.78, 5) is 21.8. The molecule has 5 nitrogen and oxygen atoms in total. The van der Waals surface area contributed by atoms with Crippen molar-refractivity contribution in [1.82, 2.24) is 5.32 Å². The molecule has 2 atom stereocenters. The zero-order chi connectivity index (χ0) is 9.14. The van der Waals surface area contributed by atoms with Gasteiger partial charge in [0.15, 0.2) is 6.04 Å². The molecule has 12 heavy (non-hydrogen) atoms. The van der Waals surface area contributed by atoms with Gasteiger partial charge in [-0.1, -0.05) is 0 Å². The van der Waals surface area contributed by atoms with Crippen molar-refractivity contribution in [2.75, 3.05) is 13.7 Å². The molecule has 1 saturated heterocycles. The minimum Gasteiger partial charge on any atom is -0.467 e. The first-order chi connectivity index (χ1) is 5.65. The van der Waals surface area contributed by atoms with Gasteiger partial charge in [0.2, 0.25) is 5.91 Å². The van der Waals surface area contributed by atoms with Crippen LogP contribution in [0.4, 0.5) is 0 Å². The summed E-state index contributed by atoms with van der Waals surface area (Å²) in [6.07, 6.45) is -0.324. The van der Waals surface area contributed by atoms with Crippen molar-refractivity contribution in [3.05, 3.63) is 0 Å². The van der Waals surface area contributed by atoms with Gasteiger partial charge < -0.3 is 14.8 Å². The van der Waals surface area contributed by atoms with E-state index in [0.717, 1.165) is 0 Å². The molecule has 0 aliphatic carbocycles. The lowest BCUT2D eigenvalue weighted by Gasteiger charge is -2.27. The Morgan fingerprint density at radius 2 is 2.42 bits per heavy atom. The standard InChI is InChI=1S/C7H11NO4/c1-4-6(7(10)11-2)8-5(9)3-12-4/h4,6H,3H2,1-2H3,(H,8,9). The maximum absolute atomic E-state index is 11.0. The SMILES string of the molecule is COC(=O)C1NC(=O)COC1C. The molecule has 1 N–H and O–H groups in total. The van der Waals surface area contributed by atoms with Gasteiger partial charge in [-0.2, -0.15) is 0 Å². The second kappa shape index (κ2) is 3.53. The van der Waals surface area contributed by atoms with Crippen LogP contribution in [0.3, 0.4) is 0 Å². The number of morpholine rings is 1. The number of methoxy groups -OCH3 is 1. The minimum absolute atomic E-state index is 0.00859. The first-order valence-electron chi connectivity index (χ1n) is 3.64. The van der Waals surface area contributed by atoms with Gasteiger partial charge in [-0.05, 0) is 6.92 Å². The molecule has 68 valence electrons. The number of hydrogen-bond donors (Lipinski definition) is 1. The van der Waals surface area contributed by atoms with Gasteiger partial charge in [0.05, 0.1) is 13.2 Å². The Balaban J connectivity index is 2.60. The molecule has 1 amide bonds. The molecule has 0 bridgehead atoms. The van der Waals surface area contributed by atoms with Crippen LogP contribution in [0.5, 0.6) is 0 Å². The fourth-order valence-electron chi connectivity index (χ4n) is 1.01. The quantitative estimate of drug-likeness (QED) is 0.520. The first-order valence-corrected chi connectivity index (χ1v) is 3.64. The zero-order valence-electron chi connectivity index (χ0n) is 6.99. The van der Waals surface area contributed by atoms with E-state index in [4.69, 9.17) is 4.74 Å². The highest BCUT2D eigenvalue weighted by Gasteiger charge is 2.32. The van der Waals surface area contributed by atoms with Crippen LogP contribution in [0.15, 0.2) is 0 Å². The van der Waals surface area contributed by atoms with Gasteiger partial charge in [0, 0.05) is 0 Å². The molecule has 0 radical (unpaired) electrons. The van der Waals surface area contributed by atoms with Crippen molar-refractivity contribution < 1.29 is 19.1 Å². The van der Waals surface area contributed by atoms with Gasteiger partial charge in [0.1, 0.15) is 6.61 Å². The Kier molecular flexibility index (Phi) is 2.65. The molecule has 0 saturated carbocycles. The molecule has 1 aliphatic heterocycles. The minimum atomic E-state index is -0.670. The normalized spacial score (nSPS) is 29.3. The third-order valence-corrected chi connectivity index (χ3v) is 1.72. The Hall–Kier alpha value is -1.10. The summed E-state index contributed by atoms with van der Waals surface area (Å²) in [6.45, 7) is 1.72. The summed E-state index contributed by atoms with van der Waals surface area (Å²) in [5, 5.41) is 2.48. The Morgan fingerprint density at radius 3 is 3.00 bits per heavy atom. The third kappa shape index (κ3) is 1.73. The van der Waals surface area contributed by atoms with Gasteiger partial charge in [-0.25, -0.2) is 4.79 Å². The third-order valence-electron chi connectivity index (χ3n) is 1.72. The van der Waals surface area contributed by atoms with Gasteiger partial charge in [-0.3, -0.25) is 4.79 Å². The number of ether oxygens (including phenoxy) is 2. The lowest BCUT2D eigenvalue weighted by Crippen LogP contribution is -2.54. The molecule has 0 aromatic heterocycles. The fraction of sp³-hybridized carbons (Fsp3) is 0.714. The second-order valence-corrected chi connectivity index (χ2v) is 2.58. The predicted octanol–water partition coefficient (Wildman–Crippen LogP) is -0.937. The van der Waals surface area contributed by atoms with Crippen molar-refractivity contribution in [3.8, 4) is 0 Å². The number of carbonyl (C=O) groups is 2. The summed E-state index contributed by atoms with van der Waals surface area (Å²) in [6, 6.07) is -0.670. The molecule has 0 aromatic carbocycles. The second-order valence-electron chi connectivity index (χ2n) is 2.58. The molecular formula is C7H11NO4. The maximum Gasteiger partial charge on any atom is 0.331 e. The van der Waals surface area contributed by atoms with E-state index in [0.29, 0.717) is 0 Å². The van der Waals surface area contributed by atoms with E-state index in [1.54, 1.807) is 6.92 Å². The fourth-order valence-corrected chi connectivity index (χ4v) is 1.01. The van der Waals surface area contributed by atoms with E-state index in [-0.39, 0.29) is 18.6 Å². The smallest absolute Gasteiger partial charge is 0.331 e. The number of amides is 1. The molecule has 1 rings (SSSR count). The summed E-state index contributed by atoms with van der Waals surface area (Å²) < 4.78 is 9.49. The van der Waals surface area contributed by atoms with E-state index < -0.39 is 12.0 Å². The summed E-state index contributed by atoms with van der Waals surface area (Å²) in [7, 11) is 1.27. The van der Waals surface area contributed by atoms with Crippen molar-refractivity contribution in [2.45, 2.75) is 19.1 Å². The van der Waals surface area contributed by atoms with Crippen LogP contribution >= 0.6 is 0 Å². The maximum atomic E-state index is 11.0. The van der Waals surface area contributed by atoms with Crippen molar-refractivity contribution in [2.24, 2.45) is 0 Å². The van der Waals surface area contributed by atoms with Crippen LogP contribution < -0.4 is 5.32 Å². The average molecular weight is 173 g/mol. The monoisotopic (exact) mass is 173 g/mol. The molecule has 1 heterocycles. The topological polar surface area (TPSA) is 64.6 Å². The largest absolute Gasteiger partial charge is 0.467 e. The Morgan fingerprint density at radius 1 is 1.75 bits per heavy atom. The number of esters is 1. The highest BCUT2D eigenvalue weighted by atomic mass is 16.5. The van der Waals surface area contributed by atoms with Crippen molar-refractivity contribution >= 4 is 11.9 Å². The highest BCUT2D eigenvalue weighted by molar-refractivity contribution is 5.86. The van der Waals surface area contributed by atoms with E-state index in [1.807, 2.05) is 0 Å². The van der Waals surface area contributed by atoms with Crippen molar-refractivity contribution in [3.63, 3.8) is 0 Å². The predicted molar refractivity (Wildman–Crippen MR) is 39.4 cm³/mol. The molecule has 0 aromatic rings. The summed E-state index contributed by atoms with van der Waals surface area (Å²) in [5.41, 5.74) is 0. The Bertz CT molecular complexity index is 204. The summed E-state index contributed by atoms with van der Waals surface area (Å²) in [5.74, 6) is -0.765. The van der Waals surface area contributed by atoms with E-state index >= 15 is 0 Å². The number of carbonyl (C=O) groups excluding carboxylic acids is 2. The number of nitrogens with one attached hydrogen (secondary N) is 1. The van der Waals surface area contributed by atoms with Crippen LogP contribution in [-0.4, -0.2) is 37.7 Å². The lowest BCUT2D eigenvalue weighted by molar-refractivity contribution is -0.155. The van der Waals surface area contributed by atoms with E-state index in [9.17, 15) is 9.59 Å². The van der Waals surface area contributed by atoms with E-state index in [2.05, 4.69) is 10.1 Å². The number of hydrogen-bond acceptors (Lipinski definition) is 4. The van der Waals surface area contributed by atoms with Crippen molar-refractivity contribution in [1.29, 1.82) is 0 Å². The molecule has 0 spiro atoms. The van der Waals surface area contributed by atoms with Gasteiger partial charge in [0.25, 0.3) is 0 Å². The zero-order valence-corrected chi connectivity index (χ0v) is 6.99. The van der Waals surface area contributed by atoms with Gasteiger partial charge in [-0.15, -0.1) is 0 Å². The summed E-state index contributed by atoms with van der Waals surface area (Å²) >= 11 is 0. The van der Waals surface area contributed by atoms with Gasteiger partial charge >= 0.3 is 5.97 Å². The Labute approximate surface area is 70.0 Å². The first kappa shape index (κ1) is 8.99. The van der Waals surface area contributed by atoms with E-state index in [1.165, 1.54) is 7.11 Å². The lowest BCUT2D eigenvalue weighted by atomic mass is 10.1. The van der Waals surface area contributed by atoms with Crippen LogP contribution in [0.2, 0.25) is 0 Å². The molecule has 1 aliphatic rings. The van der Waals surface area contributed by atoms with Crippen LogP contribution in [0.25, 0.3) is 0 Å².